The molecule has 0 spiro atoms. The summed E-state index contributed by atoms with van der Waals surface area (Å²) in [4.78, 5) is 49.1. The second kappa shape index (κ2) is 8.80. The summed E-state index contributed by atoms with van der Waals surface area (Å²) >= 11 is 0. The summed E-state index contributed by atoms with van der Waals surface area (Å²) in [5.41, 5.74) is 5.40. The molecule has 2 rings (SSSR count). The Kier molecular flexibility index (Phi) is 6.74. The molecule has 3 unspecified atom stereocenters. The first-order chi connectivity index (χ1) is 11.9. The van der Waals surface area contributed by atoms with E-state index in [1.54, 1.807) is 0 Å². The van der Waals surface area contributed by atoms with E-state index in [1.807, 2.05) is 0 Å². The molecule has 2 saturated heterocycles. The molecule has 2 heterocycles. The maximum atomic E-state index is 12.5. The number of aliphatic carboxylic acids is 1. The van der Waals surface area contributed by atoms with Crippen molar-refractivity contribution in [3.63, 3.8) is 0 Å². The molecule has 3 amide bonds. The minimum Gasteiger partial charge on any atom is -0.480 e. The summed E-state index contributed by atoms with van der Waals surface area (Å²) in [6.07, 6.45) is 3.51. The third kappa shape index (κ3) is 4.91. The number of likely N-dealkylation sites (tertiary alicyclic amines) is 1. The van der Waals surface area contributed by atoms with Crippen LogP contribution in [0.5, 0.6) is 0 Å². The van der Waals surface area contributed by atoms with E-state index in [1.165, 1.54) is 4.90 Å². The molecule has 9 nitrogen and oxygen atoms in total. The van der Waals surface area contributed by atoms with Gasteiger partial charge in [-0.15, -0.1) is 0 Å². The van der Waals surface area contributed by atoms with E-state index >= 15 is 0 Å². The van der Waals surface area contributed by atoms with Crippen LogP contribution >= 0.6 is 0 Å². The molecule has 5 N–H and O–H groups in total. The average Bonchev–Trinajstić information content (AvgIpc) is 3.22. The Morgan fingerprint density at radius 3 is 2.68 bits per heavy atom. The molecule has 0 bridgehead atoms. The van der Waals surface area contributed by atoms with Crippen LogP contribution in [0.1, 0.15) is 44.9 Å². The third-order valence-corrected chi connectivity index (χ3v) is 4.69. The zero-order valence-electron chi connectivity index (χ0n) is 14.2. The molecule has 2 fully saturated rings. The molecule has 25 heavy (non-hydrogen) atoms. The second-order valence-electron chi connectivity index (χ2n) is 6.53. The number of nitrogens with one attached hydrogen (secondary N) is 2. The van der Waals surface area contributed by atoms with Gasteiger partial charge in [0.15, 0.2) is 0 Å². The van der Waals surface area contributed by atoms with Crippen molar-refractivity contribution in [1.82, 2.24) is 15.5 Å². The summed E-state index contributed by atoms with van der Waals surface area (Å²) in [7, 11) is 0. The Morgan fingerprint density at radius 1 is 1.32 bits per heavy atom. The molecular formula is C16H26N4O5. The maximum Gasteiger partial charge on any atom is 0.326 e. The van der Waals surface area contributed by atoms with Crippen LogP contribution < -0.4 is 16.4 Å². The van der Waals surface area contributed by atoms with Gasteiger partial charge in [0.25, 0.3) is 0 Å². The molecule has 0 aromatic heterocycles. The van der Waals surface area contributed by atoms with E-state index in [4.69, 9.17) is 5.73 Å². The fourth-order valence-corrected chi connectivity index (χ4v) is 3.32. The zero-order chi connectivity index (χ0) is 18.4. The third-order valence-electron chi connectivity index (χ3n) is 4.69. The molecule has 140 valence electrons. The largest absolute Gasteiger partial charge is 0.480 e. The van der Waals surface area contributed by atoms with Crippen molar-refractivity contribution >= 4 is 23.7 Å². The van der Waals surface area contributed by atoms with Crippen molar-refractivity contribution in [2.75, 3.05) is 13.1 Å². The Labute approximate surface area is 146 Å². The highest BCUT2D eigenvalue weighted by atomic mass is 16.4. The zero-order valence-corrected chi connectivity index (χ0v) is 14.2. The first kappa shape index (κ1) is 19.2. The lowest BCUT2D eigenvalue weighted by molar-refractivity contribution is -0.144. The predicted molar refractivity (Wildman–Crippen MR) is 88.4 cm³/mol. The Balaban J connectivity index is 1.95. The first-order valence-electron chi connectivity index (χ1n) is 8.77. The normalized spacial score (nSPS) is 24.0. The number of nitrogens with zero attached hydrogens (tertiary/aromatic N) is 1. The van der Waals surface area contributed by atoms with Gasteiger partial charge in [0.05, 0.1) is 0 Å². The molecule has 0 aliphatic carbocycles. The Morgan fingerprint density at radius 2 is 2.08 bits per heavy atom. The van der Waals surface area contributed by atoms with E-state index in [9.17, 15) is 24.3 Å². The standard InChI is InChI=1S/C16H26N4O5/c17-8-2-1-4-11(16(24)25)19-14(22)12-5-3-9-20(12)15(23)10-6-7-13(21)18-10/h10-12H,1-9,17H2,(H,18,21)(H,19,22)(H,24,25). The van der Waals surface area contributed by atoms with Gasteiger partial charge in [0.2, 0.25) is 17.7 Å². The molecule has 2 aliphatic rings. The van der Waals surface area contributed by atoms with Crippen LogP contribution in [0.25, 0.3) is 0 Å². The summed E-state index contributed by atoms with van der Waals surface area (Å²) in [6, 6.07) is -2.25. The van der Waals surface area contributed by atoms with Gasteiger partial charge in [-0.05, 0) is 45.1 Å². The molecule has 0 aromatic rings. The van der Waals surface area contributed by atoms with Crippen LogP contribution in [-0.4, -0.2) is 64.9 Å². The summed E-state index contributed by atoms with van der Waals surface area (Å²) in [5, 5.41) is 14.4. The van der Waals surface area contributed by atoms with Gasteiger partial charge in [-0.3, -0.25) is 14.4 Å². The molecule has 0 radical (unpaired) electrons. The van der Waals surface area contributed by atoms with Crippen molar-refractivity contribution in [3.05, 3.63) is 0 Å². The minimum absolute atomic E-state index is 0.163. The van der Waals surface area contributed by atoms with Crippen molar-refractivity contribution in [2.45, 2.75) is 63.1 Å². The van der Waals surface area contributed by atoms with Gasteiger partial charge in [-0.1, -0.05) is 0 Å². The number of hydrogen-bond donors (Lipinski definition) is 4. The summed E-state index contributed by atoms with van der Waals surface area (Å²) in [6.45, 7) is 0.909. The number of nitrogens with two attached hydrogens (primary N) is 1. The summed E-state index contributed by atoms with van der Waals surface area (Å²) < 4.78 is 0. The average molecular weight is 354 g/mol. The SMILES string of the molecule is NCCCCC(NC(=O)C1CCCN1C(=O)C1CCC(=O)N1)C(=O)O. The Hall–Kier alpha value is -2.16. The number of unbranched alkanes of at least 4 members (excludes halogenated alkanes) is 1. The van der Waals surface area contributed by atoms with Crippen molar-refractivity contribution in [2.24, 2.45) is 5.73 Å². The number of amides is 3. The van der Waals surface area contributed by atoms with Crippen LogP contribution in [0.3, 0.4) is 0 Å². The van der Waals surface area contributed by atoms with Gasteiger partial charge in [0.1, 0.15) is 18.1 Å². The minimum atomic E-state index is -1.09. The maximum absolute atomic E-state index is 12.5. The van der Waals surface area contributed by atoms with Crippen LogP contribution in [0.4, 0.5) is 0 Å². The lowest BCUT2D eigenvalue weighted by atomic mass is 10.1. The van der Waals surface area contributed by atoms with Crippen LogP contribution in [0.15, 0.2) is 0 Å². The van der Waals surface area contributed by atoms with Gasteiger partial charge < -0.3 is 26.4 Å². The van der Waals surface area contributed by atoms with Gasteiger partial charge in [-0.25, -0.2) is 4.79 Å². The van der Waals surface area contributed by atoms with Gasteiger partial charge in [0, 0.05) is 13.0 Å². The number of carboxylic acids is 1. The monoisotopic (exact) mass is 354 g/mol. The molecule has 0 saturated carbocycles. The highest BCUT2D eigenvalue weighted by Crippen LogP contribution is 2.21. The molecule has 3 atom stereocenters. The quantitative estimate of drug-likeness (QED) is 0.410. The summed E-state index contributed by atoms with van der Waals surface area (Å²) in [5.74, 6) is -1.97. The highest BCUT2D eigenvalue weighted by molar-refractivity contribution is 5.95. The predicted octanol–water partition coefficient (Wildman–Crippen LogP) is -1.05. The lowest BCUT2D eigenvalue weighted by Gasteiger charge is -2.27. The van der Waals surface area contributed by atoms with E-state index < -0.39 is 30.0 Å². The topological polar surface area (TPSA) is 142 Å². The lowest BCUT2D eigenvalue weighted by Crippen LogP contribution is -2.54. The Bertz CT molecular complexity index is 539. The van der Waals surface area contributed by atoms with E-state index in [0.29, 0.717) is 58.0 Å². The molecule has 2 aliphatic heterocycles. The van der Waals surface area contributed by atoms with Crippen molar-refractivity contribution in [3.8, 4) is 0 Å². The first-order valence-corrected chi connectivity index (χ1v) is 8.77. The molecule has 9 heteroatoms. The van der Waals surface area contributed by atoms with Crippen LogP contribution in [0, 0.1) is 0 Å². The number of carbonyl (C=O) groups is 4. The van der Waals surface area contributed by atoms with Crippen molar-refractivity contribution < 1.29 is 24.3 Å². The van der Waals surface area contributed by atoms with Gasteiger partial charge >= 0.3 is 5.97 Å². The number of hydrogen-bond acceptors (Lipinski definition) is 5. The van der Waals surface area contributed by atoms with Crippen LogP contribution in [-0.2, 0) is 19.2 Å². The molecule has 0 aromatic carbocycles. The fraction of sp³-hybridized carbons (Fsp3) is 0.750. The number of carbonyl (C=O) groups excluding carboxylic acids is 3. The van der Waals surface area contributed by atoms with E-state index in [-0.39, 0.29) is 11.8 Å². The second-order valence-corrected chi connectivity index (χ2v) is 6.53. The number of rotatable bonds is 8. The highest BCUT2D eigenvalue weighted by Gasteiger charge is 2.40. The fourth-order valence-electron chi connectivity index (χ4n) is 3.32. The number of carboxylic acid groups (broad SMARTS) is 1. The van der Waals surface area contributed by atoms with E-state index in [2.05, 4.69) is 10.6 Å². The van der Waals surface area contributed by atoms with E-state index in [0.717, 1.165) is 0 Å². The van der Waals surface area contributed by atoms with Gasteiger partial charge in [-0.2, -0.15) is 0 Å². The van der Waals surface area contributed by atoms with Crippen LogP contribution in [0.2, 0.25) is 0 Å². The smallest absolute Gasteiger partial charge is 0.326 e. The van der Waals surface area contributed by atoms with Crippen molar-refractivity contribution in [1.29, 1.82) is 0 Å². The molecular weight excluding hydrogens is 328 g/mol.